The predicted octanol–water partition coefficient (Wildman–Crippen LogP) is -1.71. The van der Waals surface area contributed by atoms with Gasteiger partial charge >= 0.3 is 11.8 Å². The largest absolute Gasteiger partial charge is 0.395 e. The molecular weight excluding hydrogens is 200 g/mol. The van der Waals surface area contributed by atoms with Crippen LogP contribution in [0.4, 0.5) is 0 Å². The molecule has 2 N–H and O–H groups in total. The van der Waals surface area contributed by atoms with E-state index in [2.05, 4.69) is 5.32 Å². The van der Waals surface area contributed by atoms with Crippen molar-refractivity contribution in [3.8, 4) is 0 Å². The van der Waals surface area contributed by atoms with Crippen molar-refractivity contribution in [2.75, 3.05) is 26.2 Å². The van der Waals surface area contributed by atoms with E-state index in [1.54, 1.807) is 0 Å². The summed E-state index contributed by atoms with van der Waals surface area (Å²) in [5, 5.41) is 10.7. The molecule has 1 aliphatic rings. The van der Waals surface area contributed by atoms with Crippen LogP contribution in [-0.2, 0) is 14.4 Å². The lowest BCUT2D eigenvalue weighted by molar-refractivity contribution is -0.147. The molecule has 0 atom stereocenters. The Bertz CT molecular complexity index is 267. The number of hydrogen-bond donors (Lipinski definition) is 2. The number of piperidine rings is 1. The Kier molecular flexibility index (Phi) is 4.23. The van der Waals surface area contributed by atoms with Gasteiger partial charge in [0.1, 0.15) is 5.78 Å². The van der Waals surface area contributed by atoms with Crippen molar-refractivity contribution in [3.05, 3.63) is 0 Å². The molecule has 1 fully saturated rings. The molecule has 0 radical (unpaired) electrons. The minimum atomic E-state index is -0.724. The molecule has 2 amide bonds. The number of hydrogen-bond acceptors (Lipinski definition) is 4. The third-order valence-corrected chi connectivity index (χ3v) is 2.20. The average Bonchev–Trinajstić information content (AvgIpc) is 2.26. The second kappa shape index (κ2) is 5.45. The maximum Gasteiger partial charge on any atom is 0.311 e. The standard InChI is InChI=1S/C9H14N2O4/c12-6-3-10-8(14)9(15)11-4-1-7(13)2-5-11/h12H,1-6H2,(H,10,14). The SMILES string of the molecule is O=C1CCN(C(=O)C(=O)NCCO)CC1. The molecule has 1 heterocycles. The molecule has 0 aliphatic carbocycles. The minimum Gasteiger partial charge on any atom is -0.395 e. The summed E-state index contributed by atoms with van der Waals surface area (Å²) in [5.74, 6) is -1.23. The maximum atomic E-state index is 11.4. The highest BCUT2D eigenvalue weighted by Crippen LogP contribution is 2.05. The number of likely N-dealkylation sites (tertiary alicyclic amines) is 1. The fraction of sp³-hybridized carbons (Fsp3) is 0.667. The Balaban J connectivity index is 2.39. The first-order valence-electron chi connectivity index (χ1n) is 4.85. The first kappa shape index (κ1) is 11.6. The number of carbonyl (C=O) groups is 3. The summed E-state index contributed by atoms with van der Waals surface area (Å²) >= 11 is 0. The van der Waals surface area contributed by atoms with E-state index >= 15 is 0 Å². The molecule has 0 bridgehead atoms. The molecule has 1 aliphatic heterocycles. The smallest absolute Gasteiger partial charge is 0.311 e. The van der Waals surface area contributed by atoms with E-state index in [1.165, 1.54) is 4.90 Å². The molecule has 1 saturated heterocycles. The Hall–Kier alpha value is -1.43. The molecule has 84 valence electrons. The normalized spacial score (nSPS) is 16.3. The quantitative estimate of drug-likeness (QED) is 0.536. The van der Waals surface area contributed by atoms with Crippen LogP contribution in [-0.4, -0.2) is 53.8 Å². The second-order valence-corrected chi connectivity index (χ2v) is 3.31. The average molecular weight is 214 g/mol. The van der Waals surface area contributed by atoms with Gasteiger partial charge in [-0.2, -0.15) is 0 Å². The number of carbonyl (C=O) groups excluding carboxylic acids is 3. The van der Waals surface area contributed by atoms with Crippen molar-refractivity contribution in [1.29, 1.82) is 0 Å². The summed E-state index contributed by atoms with van der Waals surface area (Å²) in [4.78, 5) is 34.9. The summed E-state index contributed by atoms with van der Waals surface area (Å²) in [6.07, 6.45) is 0.637. The van der Waals surface area contributed by atoms with Gasteiger partial charge in [-0.25, -0.2) is 0 Å². The number of ketones is 1. The van der Waals surface area contributed by atoms with Gasteiger partial charge in [0.25, 0.3) is 0 Å². The highest BCUT2D eigenvalue weighted by Gasteiger charge is 2.25. The van der Waals surface area contributed by atoms with Crippen LogP contribution in [0, 0.1) is 0 Å². The van der Waals surface area contributed by atoms with E-state index in [0.717, 1.165) is 0 Å². The van der Waals surface area contributed by atoms with Gasteiger partial charge < -0.3 is 15.3 Å². The Morgan fingerprint density at radius 2 is 1.93 bits per heavy atom. The van der Waals surface area contributed by atoms with E-state index in [4.69, 9.17) is 5.11 Å². The van der Waals surface area contributed by atoms with Gasteiger partial charge in [-0.1, -0.05) is 0 Å². The molecule has 0 aromatic carbocycles. The zero-order chi connectivity index (χ0) is 11.3. The van der Waals surface area contributed by atoms with Crippen LogP contribution in [0.2, 0.25) is 0 Å². The molecule has 0 saturated carbocycles. The molecule has 0 unspecified atom stereocenters. The molecule has 6 nitrogen and oxygen atoms in total. The zero-order valence-electron chi connectivity index (χ0n) is 8.36. The summed E-state index contributed by atoms with van der Waals surface area (Å²) in [6, 6.07) is 0. The molecule has 6 heteroatoms. The molecular formula is C9H14N2O4. The number of nitrogens with one attached hydrogen (secondary N) is 1. The van der Waals surface area contributed by atoms with Crippen LogP contribution in [0.1, 0.15) is 12.8 Å². The van der Waals surface area contributed by atoms with Crippen LogP contribution >= 0.6 is 0 Å². The van der Waals surface area contributed by atoms with Gasteiger partial charge in [0.2, 0.25) is 0 Å². The zero-order valence-corrected chi connectivity index (χ0v) is 8.36. The van der Waals surface area contributed by atoms with Crippen LogP contribution in [0.25, 0.3) is 0 Å². The molecule has 0 aromatic rings. The van der Waals surface area contributed by atoms with E-state index in [-0.39, 0.29) is 18.9 Å². The second-order valence-electron chi connectivity index (χ2n) is 3.31. The Labute approximate surface area is 87.2 Å². The lowest BCUT2D eigenvalue weighted by Gasteiger charge is -2.25. The third kappa shape index (κ3) is 3.32. The number of amides is 2. The minimum absolute atomic E-state index is 0.0668. The van der Waals surface area contributed by atoms with Crippen molar-refractivity contribution >= 4 is 17.6 Å². The number of aliphatic hydroxyl groups excluding tert-OH is 1. The van der Waals surface area contributed by atoms with Gasteiger partial charge in [-0.15, -0.1) is 0 Å². The van der Waals surface area contributed by atoms with Crippen LogP contribution < -0.4 is 5.32 Å². The number of aliphatic hydroxyl groups is 1. The number of nitrogens with zero attached hydrogens (tertiary/aromatic N) is 1. The monoisotopic (exact) mass is 214 g/mol. The first-order valence-corrected chi connectivity index (χ1v) is 4.85. The summed E-state index contributed by atoms with van der Waals surface area (Å²) in [7, 11) is 0. The lowest BCUT2D eigenvalue weighted by Crippen LogP contribution is -2.47. The highest BCUT2D eigenvalue weighted by molar-refractivity contribution is 6.35. The molecule has 0 spiro atoms. The maximum absolute atomic E-state index is 11.4. The molecule has 1 rings (SSSR count). The Morgan fingerprint density at radius 1 is 1.33 bits per heavy atom. The van der Waals surface area contributed by atoms with Crippen molar-refractivity contribution in [3.63, 3.8) is 0 Å². The van der Waals surface area contributed by atoms with E-state index < -0.39 is 11.8 Å². The molecule has 15 heavy (non-hydrogen) atoms. The van der Waals surface area contributed by atoms with Crippen LogP contribution in [0.5, 0.6) is 0 Å². The fourth-order valence-corrected chi connectivity index (χ4v) is 1.35. The van der Waals surface area contributed by atoms with Crippen LogP contribution in [0.3, 0.4) is 0 Å². The fourth-order valence-electron chi connectivity index (χ4n) is 1.35. The van der Waals surface area contributed by atoms with Gasteiger partial charge in [-0.05, 0) is 0 Å². The summed E-state index contributed by atoms with van der Waals surface area (Å²) in [5.41, 5.74) is 0. The topological polar surface area (TPSA) is 86.7 Å². The summed E-state index contributed by atoms with van der Waals surface area (Å²) < 4.78 is 0. The van der Waals surface area contributed by atoms with Gasteiger partial charge in [0.05, 0.1) is 6.61 Å². The first-order chi connectivity index (χ1) is 7.15. The van der Waals surface area contributed by atoms with E-state index in [9.17, 15) is 14.4 Å². The lowest BCUT2D eigenvalue weighted by atomic mass is 10.1. The van der Waals surface area contributed by atoms with E-state index in [0.29, 0.717) is 25.9 Å². The van der Waals surface area contributed by atoms with Crippen molar-refractivity contribution in [2.45, 2.75) is 12.8 Å². The number of Topliss-reactive ketones (excluding diaryl/α,β-unsaturated/α-hetero) is 1. The van der Waals surface area contributed by atoms with Gasteiger partial charge in [0.15, 0.2) is 0 Å². The van der Waals surface area contributed by atoms with Crippen molar-refractivity contribution in [2.24, 2.45) is 0 Å². The van der Waals surface area contributed by atoms with Crippen molar-refractivity contribution < 1.29 is 19.5 Å². The summed E-state index contributed by atoms with van der Waals surface area (Å²) in [6.45, 7) is 0.489. The van der Waals surface area contributed by atoms with Crippen molar-refractivity contribution in [1.82, 2.24) is 10.2 Å². The predicted molar refractivity (Wildman–Crippen MR) is 50.9 cm³/mol. The van der Waals surface area contributed by atoms with E-state index in [1.807, 2.05) is 0 Å². The number of rotatable bonds is 2. The van der Waals surface area contributed by atoms with Gasteiger partial charge in [-0.3, -0.25) is 14.4 Å². The van der Waals surface area contributed by atoms with Gasteiger partial charge in [0, 0.05) is 32.5 Å². The Morgan fingerprint density at radius 3 is 2.47 bits per heavy atom. The van der Waals surface area contributed by atoms with Crippen LogP contribution in [0.15, 0.2) is 0 Å². The third-order valence-electron chi connectivity index (χ3n) is 2.20. The molecule has 0 aromatic heterocycles. The highest BCUT2D eigenvalue weighted by atomic mass is 16.3.